The summed E-state index contributed by atoms with van der Waals surface area (Å²) in [5, 5.41) is 10.6. The maximum absolute atomic E-state index is 10.6. The van der Waals surface area contributed by atoms with Crippen LogP contribution in [0.2, 0.25) is 0 Å². The number of hydrogen-bond acceptors (Lipinski definition) is 2. The highest BCUT2D eigenvalue weighted by molar-refractivity contribution is 5.16. The van der Waals surface area contributed by atoms with Crippen molar-refractivity contribution in [3.05, 3.63) is 11.8 Å². The van der Waals surface area contributed by atoms with Gasteiger partial charge in [0, 0.05) is 6.42 Å². The fourth-order valence-electron chi connectivity index (χ4n) is 2.71. The van der Waals surface area contributed by atoms with Crippen molar-refractivity contribution in [2.24, 2.45) is 11.8 Å². The molecule has 0 aromatic carbocycles. The highest BCUT2D eigenvalue weighted by Gasteiger charge is 2.43. The Balaban J connectivity index is 2.14. The summed E-state index contributed by atoms with van der Waals surface area (Å²) in [6.45, 7) is 5.15. The maximum Gasteiger partial charge on any atom is 0.124 e. The van der Waals surface area contributed by atoms with Crippen molar-refractivity contribution in [3.8, 4) is 0 Å². The Labute approximate surface area is 86.0 Å². The first-order valence-electron chi connectivity index (χ1n) is 5.69. The van der Waals surface area contributed by atoms with Crippen LogP contribution in [-0.4, -0.2) is 17.3 Å². The van der Waals surface area contributed by atoms with Crippen LogP contribution in [0.4, 0.5) is 0 Å². The Morgan fingerprint density at radius 2 is 2.29 bits per heavy atom. The standard InChI is InChI=1S/C12H20O2/c1-9-5-6-12(13,10(2)8-9)11-4-3-7-14-11/h4,9-10,13H,3,5-8H2,1-2H3. The van der Waals surface area contributed by atoms with Crippen LogP contribution in [0, 0.1) is 11.8 Å². The van der Waals surface area contributed by atoms with Gasteiger partial charge in [-0.3, -0.25) is 0 Å². The zero-order chi connectivity index (χ0) is 10.2. The Hall–Kier alpha value is -0.500. The Kier molecular flexibility index (Phi) is 2.56. The third kappa shape index (κ3) is 1.56. The third-order valence-corrected chi connectivity index (χ3v) is 3.72. The topological polar surface area (TPSA) is 29.5 Å². The van der Waals surface area contributed by atoms with E-state index in [-0.39, 0.29) is 0 Å². The van der Waals surface area contributed by atoms with E-state index in [1.54, 1.807) is 0 Å². The second-order valence-electron chi connectivity index (χ2n) is 4.91. The largest absolute Gasteiger partial charge is 0.495 e. The predicted octanol–water partition coefficient (Wildman–Crippen LogP) is 2.48. The minimum Gasteiger partial charge on any atom is -0.495 e. The van der Waals surface area contributed by atoms with Crippen LogP contribution < -0.4 is 0 Å². The lowest BCUT2D eigenvalue weighted by molar-refractivity contribution is -0.0581. The van der Waals surface area contributed by atoms with Crippen LogP contribution in [0.15, 0.2) is 11.8 Å². The van der Waals surface area contributed by atoms with Crippen LogP contribution in [0.5, 0.6) is 0 Å². The maximum atomic E-state index is 10.6. The second-order valence-corrected chi connectivity index (χ2v) is 4.91. The summed E-state index contributed by atoms with van der Waals surface area (Å²) in [6.07, 6.45) is 6.10. The molecule has 0 aromatic rings. The summed E-state index contributed by atoms with van der Waals surface area (Å²) < 4.78 is 5.51. The van der Waals surface area contributed by atoms with E-state index in [0.717, 1.165) is 44.0 Å². The fourth-order valence-corrected chi connectivity index (χ4v) is 2.71. The first-order chi connectivity index (χ1) is 6.63. The highest BCUT2D eigenvalue weighted by atomic mass is 16.5. The van der Waals surface area contributed by atoms with Crippen LogP contribution in [0.25, 0.3) is 0 Å². The summed E-state index contributed by atoms with van der Waals surface area (Å²) in [7, 11) is 0. The van der Waals surface area contributed by atoms with Gasteiger partial charge in [-0.2, -0.15) is 0 Å². The molecule has 1 aliphatic heterocycles. The van der Waals surface area contributed by atoms with Gasteiger partial charge in [-0.25, -0.2) is 0 Å². The first-order valence-corrected chi connectivity index (χ1v) is 5.69. The third-order valence-electron chi connectivity index (χ3n) is 3.72. The molecule has 1 fully saturated rings. The molecule has 2 heteroatoms. The first kappa shape index (κ1) is 10.0. The minimum atomic E-state index is -0.664. The molecule has 0 aromatic heterocycles. The molecule has 14 heavy (non-hydrogen) atoms. The molecule has 1 heterocycles. The number of ether oxygens (including phenoxy) is 1. The Bertz CT molecular complexity index is 247. The number of rotatable bonds is 1. The summed E-state index contributed by atoms with van der Waals surface area (Å²) in [6, 6.07) is 0. The van der Waals surface area contributed by atoms with E-state index in [1.165, 1.54) is 0 Å². The molecule has 2 rings (SSSR count). The van der Waals surface area contributed by atoms with Gasteiger partial charge in [-0.15, -0.1) is 0 Å². The van der Waals surface area contributed by atoms with Crippen LogP contribution in [-0.2, 0) is 4.74 Å². The van der Waals surface area contributed by atoms with Gasteiger partial charge < -0.3 is 9.84 Å². The average Bonchev–Trinajstić information content (AvgIpc) is 2.65. The molecular formula is C12H20O2. The van der Waals surface area contributed by atoms with Gasteiger partial charge in [0.15, 0.2) is 0 Å². The normalized spacial score (nSPS) is 43.2. The van der Waals surface area contributed by atoms with Crippen LogP contribution in [0.3, 0.4) is 0 Å². The van der Waals surface area contributed by atoms with E-state index in [0.29, 0.717) is 5.92 Å². The van der Waals surface area contributed by atoms with Crippen molar-refractivity contribution in [1.82, 2.24) is 0 Å². The fraction of sp³-hybridized carbons (Fsp3) is 0.833. The Morgan fingerprint density at radius 1 is 1.50 bits per heavy atom. The van der Waals surface area contributed by atoms with Crippen molar-refractivity contribution < 1.29 is 9.84 Å². The van der Waals surface area contributed by atoms with E-state index in [1.807, 2.05) is 0 Å². The van der Waals surface area contributed by atoms with E-state index in [9.17, 15) is 5.11 Å². The predicted molar refractivity (Wildman–Crippen MR) is 55.8 cm³/mol. The van der Waals surface area contributed by atoms with Crippen molar-refractivity contribution in [1.29, 1.82) is 0 Å². The Morgan fingerprint density at radius 3 is 2.86 bits per heavy atom. The molecule has 0 bridgehead atoms. The van der Waals surface area contributed by atoms with Crippen molar-refractivity contribution in [3.63, 3.8) is 0 Å². The molecule has 80 valence electrons. The van der Waals surface area contributed by atoms with Crippen molar-refractivity contribution in [2.45, 2.75) is 45.1 Å². The van der Waals surface area contributed by atoms with Crippen LogP contribution in [0.1, 0.15) is 39.5 Å². The van der Waals surface area contributed by atoms with Crippen molar-refractivity contribution in [2.75, 3.05) is 6.61 Å². The molecule has 1 aliphatic carbocycles. The molecular weight excluding hydrogens is 176 g/mol. The highest BCUT2D eigenvalue weighted by Crippen LogP contribution is 2.42. The zero-order valence-electron chi connectivity index (χ0n) is 9.12. The van der Waals surface area contributed by atoms with Gasteiger partial charge >= 0.3 is 0 Å². The summed E-state index contributed by atoms with van der Waals surface area (Å²) in [4.78, 5) is 0. The second kappa shape index (κ2) is 3.58. The van der Waals surface area contributed by atoms with Gasteiger partial charge in [0.2, 0.25) is 0 Å². The molecule has 1 saturated carbocycles. The molecule has 0 spiro atoms. The lowest BCUT2D eigenvalue weighted by Gasteiger charge is -2.40. The molecule has 3 unspecified atom stereocenters. The molecule has 0 radical (unpaired) electrons. The van der Waals surface area contributed by atoms with Crippen molar-refractivity contribution >= 4 is 0 Å². The SMILES string of the molecule is CC1CCC(O)(C2=CCCO2)C(C)C1. The van der Waals surface area contributed by atoms with E-state index in [2.05, 4.69) is 19.9 Å². The molecule has 0 amide bonds. The van der Waals surface area contributed by atoms with Crippen LogP contribution >= 0.6 is 0 Å². The lowest BCUT2D eigenvalue weighted by atomic mass is 9.71. The van der Waals surface area contributed by atoms with E-state index in [4.69, 9.17) is 4.74 Å². The molecule has 3 atom stereocenters. The quantitative estimate of drug-likeness (QED) is 0.698. The van der Waals surface area contributed by atoms with Gasteiger partial charge in [0.25, 0.3) is 0 Å². The van der Waals surface area contributed by atoms with Gasteiger partial charge in [0.05, 0.1) is 6.61 Å². The lowest BCUT2D eigenvalue weighted by Crippen LogP contribution is -2.43. The average molecular weight is 196 g/mol. The molecule has 0 saturated heterocycles. The zero-order valence-corrected chi connectivity index (χ0v) is 9.12. The van der Waals surface area contributed by atoms with E-state index >= 15 is 0 Å². The monoisotopic (exact) mass is 196 g/mol. The molecule has 2 aliphatic rings. The summed E-state index contributed by atoms with van der Waals surface area (Å²) in [5.41, 5.74) is -0.664. The summed E-state index contributed by atoms with van der Waals surface area (Å²) in [5.74, 6) is 1.92. The van der Waals surface area contributed by atoms with E-state index < -0.39 is 5.60 Å². The smallest absolute Gasteiger partial charge is 0.124 e. The number of aliphatic hydroxyl groups is 1. The van der Waals surface area contributed by atoms with Gasteiger partial charge in [-0.1, -0.05) is 13.8 Å². The number of hydrogen-bond donors (Lipinski definition) is 1. The summed E-state index contributed by atoms with van der Waals surface area (Å²) >= 11 is 0. The van der Waals surface area contributed by atoms with Gasteiger partial charge in [0.1, 0.15) is 11.4 Å². The minimum absolute atomic E-state index is 0.329. The molecule has 2 nitrogen and oxygen atoms in total. The molecule has 1 N–H and O–H groups in total. The van der Waals surface area contributed by atoms with Gasteiger partial charge in [-0.05, 0) is 37.2 Å².